The Morgan fingerprint density at radius 1 is 0.969 bits per heavy atom. The van der Waals surface area contributed by atoms with E-state index in [1.807, 2.05) is 61.5 Å². The van der Waals surface area contributed by atoms with E-state index in [0.29, 0.717) is 22.3 Å². The molecule has 1 N–H and O–H groups in total. The Bertz CT molecular complexity index is 1420. The van der Waals surface area contributed by atoms with Crippen LogP contribution in [0.4, 0.5) is 10.1 Å². The summed E-state index contributed by atoms with van der Waals surface area (Å²) in [6, 6.07) is 22.9. The van der Waals surface area contributed by atoms with E-state index in [4.69, 9.17) is 4.98 Å². The molecule has 3 aromatic carbocycles. The monoisotopic (exact) mass is 443 g/mol. The van der Waals surface area contributed by atoms with Gasteiger partial charge in [0, 0.05) is 11.1 Å². The van der Waals surface area contributed by atoms with Crippen LogP contribution in [0.25, 0.3) is 16.6 Å². The summed E-state index contributed by atoms with van der Waals surface area (Å²) in [5.41, 5.74) is 2.81. The van der Waals surface area contributed by atoms with Crippen molar-refractivity contribution in [2.24, 2.45) is 0 Å². The minimum absolute atomic E-state index is 0.243. The molecule has 2 aromatic heterocycles. The highest BCUT2D eigenvalue weighted by Gasteiger charge is 2.25. The lowest BCUT2D eigenvalue weighted by Crippen LogP contribution is -2.19. The number of halogens is 1. The normalized spacial score (nSPS) is 12.2. The molecule has 6 nitrogen and oxygen atoms in total. The van der Waals surface area contributed by atoms with Crippen LogP contribution in [-0.4, -0.2) is 25.5 Å². The molecule has 5 rings (SSSR count). The van der Waals surface area contributed by atoms with Gasteiger partial charge < -0.3 is 5.32 Å². The first-order valence-electron chi connectivity index (χ1n) is 9.98. The van der Waals surface area contributed by atoms with Crippen LogP contribution in [0.5, 0.6) is 0 Å². The van der Waals surface area contributed by atoms with Gasteiger partial charge in [-0.1, -0.05) is 54.2 Å². The zero-order valence-corrected chi connectivity index (χ0v) is 17.9. The van der Waals surface area contributed by atoms with Gasteiger partial charge in [0.25, 0.3) is 0 Å². The molecule has 5 aromatic rings. The molecule has 0 radical (unpaired) electrons. The van der Waals surface area contributed by atoms with Crippen molar-refractivity contribution >= 4 is 39.9 Å². The molecule has 0 fully saturated rings. The number of benzene rings is 3. The lowest BCUT2D eigenvalue weighted by atomic mass is 10.1. The standard InChI is InChI=1S/C24H18FN5OS/c1-15-26-22-19-9-5-6-10-20(19)28-24(30(22)29-15)32-21(16-7-3-2-4-8-16)23(31)27-18-13-11-17(25)12-14-18/h2-14,21H,1H3,(H,27,31)/t21-/m1/s1. The van der Waals surface area contributed by atoms with Crippen molar-refractivity contribution in [3.05, 3.63) is 96.1 Å². The Balaban J connectivity index is 1.57. The number of hydrogen-bond acceptors (Lipinski definition) is 5. The fourth-order valence-corrected chi connectivity index (χ4v) is 4.51. The average Bonchev–Trinajstić information content (AvgIpc) is 3.21. The second kappa shape index (κ2) is 8.39. The second-order valence-electron chi connectivity index (χ2n) is 7.21. The van der Waals surface area contributed by atoms with E-state index in [2.05, 4.69) is 15.4 Å². The minimum Gasteiger partial charge on any atom is -0.325 e. The number of carbonyl (C=O) groups is 1. The summed E-state index contributed by atoms with van der Waals surface area (Å²) >= 11 is 1.29. The second-order valence-corrected chi connectivity index (χ2v) is 8.28. The quantitative estimate of drug-likeness (QED) is 0.299. The highest BCUT2D eigenvalue weighted by Crippen LogP contribution is 2.36. The number of para-hydroxylation sites is 1. The summed E-state index contributed by atoms with van der Waals surface area (Å²) in [5, 5.41) is 8.23. The number of nitrogens with zero attached hydrogens (tertiary/aromatic N) is 4. The average molecular weight is 444 g/mol. The molecule has 0 spiro atoms. The van der Waals surface area contributed by atoms with Crippen molar-refractivity contribution in [2.45, 2.75) is 17.3 Å². The number of amides is 1. The topological polar surface area (TPSA) is 72.2 Å². The summed E-state index contributed by atoms with van der Waals surface area (Å²) in [7, 11) is 0. The number of aryl methyl sites for hydroxylation is 1. The molecule has 0 aliphatic rings. The van der Waals surface area contributed by atoms with Gasteiger partial charge in [-0.15, -0.1) is 5.10 Å². The van der Waals surface area contributed by atoms with E-state index < -0.39 is 5.25 Å². The van der Waals surface area contributed by atoms with Crippen LogP contribution in [0.3, 0.4) is 0 Å². The van der Waals surface area contributed by atoms with Gasteiger partial charge in [0.05, 0.1) is 5.52 Å². The molecule has 0 aliphatic heterocycles. The Morgan fingerprint density at radius 3 is 2.47 bits per heavy atom. The number of rotatable bonds is 5. The summed E-state index contributed by atoms with van der Waals surface area (Å²) in [4.78, 5) is 22.7. The number of fused-ring (bicyclic) bond motifs is 3. The predicted molar refractivity (Wildman–Crippen MR) is 123 cm³/mol. The van der Waals surface area contributed by atoms with Gasteiger partial charge in [0.1, 0.15) is 16.9 Å². The van der Waals surface area contributed by atoms with Gasteiger partial charge in [0.2, 0.25) is 5.91 Å². The summed E-state index contributed by atoms with van der Waals surface area (Å²) in [6.07, 6.45) is 0. The minimum atomic E-state index is -0.609. The Morgan fingerprint density at radius 2 is 1.69 bits per heavy atom. The van der Waals surface area contributed by atoms with Gasteiger partial charge in [0.15, 0.2) is 10.8 Å². The van der Waals surface area contributed by atoms with Gasteiger partial charge >= 0.3 is 0 Å². The lowest BCUT2D eigenvalue weighted by Gasteiger charge is -2.17. The van der Waals surface area contributed by atoms with Crippen molar-refractivity contribution in [3.8, 4) is 0 Å². The fraction of sp³-hybridized carbons (Fsp3) is 0.0833. The van der Waals surface area contributed by atoms with Crippen molar-refractivity contribution < 1.29 is 9.18 Å². The number of nitrogens with one attached hydrogen (secondary N) is 1. The largest absolute Gasteiger partial charge is 0.325 e. The van der Waals surface area contributed by atoms with Crippen LogP contribution < -0.4 is 5.32 Å². The number of anilines is 1. The van der Waals surface area contributed by atoms with Crippen LogP contribution in [0.15, 0.2) is 84.0 Å². The maximum Gasteiger partial charge on any atom is 0.242 e. The molecule has 0 bridgehead atoms. The number of carbonyl (C=O) groups excluding carboxylic acids is 1. The molecule has 158 valence electrons. The first-order valence-corrected chi connectivity index (χ1v) is 10.9. The smallest absolute Gasteiger partial charge is 0.242 e. The van der Waals surface area contributed by atoms with E-state index in [1.54, 1.807) is 4.52 Å². The van der Waals surface area contributed by atoms with Crippen molar-refractivity contribution in [3.63, 3.8) is 0 Å². The third-order valence-corrected chi connectivity index (χ3v) is 6.13. The SMILES string of the molecule is Cc1nc2c3ccccc3nc(S[C@@H](C(=O)Nc3ccc(F)cc3)c3ccccc3)n2n1. The van der Waals surface area contributed by atoms with Crippen LogP contribution in [-0.2, 0) is 4.79 Å². The van der Waals surface area contributed by atoms with Gasteiger partial charge in [-0.3, -0.25) is 4.79 Å². The maximum atomic E-state index is 13.3. The van der Waals surface area contributed by atoms with Crippen LogP contribution in [0, 0.1) is 12.7 Å². The first-order chi connectivity index (χ1) is 15.6. The predicted octanol–water partition coefficient (Wildman–Crippen LogP) is 5.20. The van der Waals surface area contributed by atoms with E-state index in [1.165, 1.54) is 36.0 Å². The van der Waals surface area contributed by atoms with E-state index in [-0.39, 0.29) is 11.7 Å². The number of aromatic nitrogens is 4. The molecule has 0 saturated carbocycles. The zero-order valence-electron chi connectivity index (χ0n) is 17.1. The molecular formula is C24H18FN5OS. The third-order valence-electron chi connectivity index (χ3n) is 4.93. The Hall–Kier alpha value is -3.78. The molecule has 0 aliphatic carbocycles. The lowest BCUT2D eigenvalue weighted by molar-refractivity contribution is -0.115. The molecule has 32 heavy (non-hydrogen) atoms. The zero-order chi connectivity index (χ0) is 22.1. The fourth-order valence-electron chi connectivity index (χ4n) is 3.46. The van der Waals surface area contributed by atoms with Crippen LogP contribution in [0.2, 0.25) is 0 Å². The van der Waals surface area contributed by atoms with Gasteiger partial charge in [-0.05, 0) is 48.9 Å². The van der Waals surface area contributed by atoms with Gasteiger partial charge in [-0.2, -0.15) is 4.52 Å². The van der Waals surface area contributed by atoms with E-state index in [9.17, 15) is 9.18 Å². The summed E-state index contributed by atoms with van der Waals surface area (Å²) in [6.45, 7) is 1.83. The van der Waals surface area contributed by atoms with Gasteiger partial charge in [-0.25, -0.2) is 14.4 Å². The van der Waals surface area contributed by atoms with Crippen molar-refractivity contribution in [1.82, 2.24) is 19.6 Å². The molecule has 0 saturated heterocycles. The molecule has 2 heterocycles. The summed E-state index contributed by atoms with van der Waals surface area (Å²) < 4.78 is 15.0. The van der Waals surface area contributed by atoms with Crippen LogP contribution >= 0.6 is 11.8 Å². The Kier molecular flexibility index (Phi) is 5.28. The first kappa shape index (κ1) is 20.1. The number of hydrogen-bond donors (Lipinski definition) is 1. The third kappa shape index (κ3) is 3.92. The highest BCUT2D eigenvalue weighted by atomic mass is 32.2. The molecule has 1 atom stereocenters. The Labute approximate surface area is 187 Å². The maximum absolute atomic E-state index is 13.3. The van der Waals surface area contributed by atoms with Crippen molar-refractivity contribution in [2.75, 3.05) is 5.32 Å². The molecule has 0 unspecified atom stereocenters. The molecular weight excluding hydrogens is 425 g/mol. The summed E-state index contributed by atoms with van der Waals surface area (Å²) in [5.74, 6) is 0.0195. The van der Waals surface area contributed by atoms with Crippen molar-refractivity contribution in [1.29, 1.82) is 0 Å². The van der Waals surface area contributed by atoms with E-state index >= 15 is 0 Å². The molecule has 8 heteroatoms. The molecule has 1 amide bonds. The number of thioether (sulfide) groups is 1. The van der Waals surface area contributed by atoms with Crippen LogP contribution in [0.1, 0.15) is 16.6 Å². The van der Waals surface area contributed by atoms with E-state index in [0.717, 1.165) is 16.5 Å². The highest BCUT2D eigenvalue weighted by molar-refractivity contribution is 8.00.